The van der Waals surface area contributed by atoms with Gasteiger partial charge in [0, 0.05) is 7.05 Å². The van der Waals surface area contributed by atoms with E-state index in [-0.39, 0.29) is 6.04 Å². The van der Waals surface area contributed by atoms with Crippen LogP contribution in [0.5, 0.6) is 0 Å². The minimum absolute atomic E-state index is 0.202. The van der Waals surface area contributed by atoms with Gasteiger partial charge < -0.3 is 9.36 Å². The summed E-state index contributed by atoms with van der Waals surface area (Å²) in [4.78, 5) is 17.2. The van der Waals surface area contributed by atoms with E-state index < -0.39 is 0 Å². The monoisotopic (exact) mass is 217 g/mol. The molecule has 1 atom stereocenters. The van der Waals surface area contributed by atoms with Crippen molar-refractivity contribution >= 4 is 17.3 Å². The van der Waals surface area contributed by atoms with E-state index in [1.807, 2.05) is 48.8 Å². The molecule has 0 saturated carbocycles. The quantitative estimate of drug-likeness (QED) is 0.729. The van der Waals surface area contributed by atoms with Crippen LogP contribution in [0.2, 0.25) is 0 Å². The van der Waals surface area contributed by atoms with Crippen molar-refractivity contribution in [2.45, 2.75) is 6.04 Å². The summed E-state index contributed by atoms with van der Waals surface area (Å²) < 4.78 is 1.96. The zero-order valence-corrected chi connectivity index (χ0v) is 9.71. The van der Waals surface area contributed by atoms with E-state index in [9.17, 15) is 4.79 Å². The normalized spacial score (nSPS) is 13.2. The summed E-state index contributed by atoms with van der Waals surface area (Å²) >= 11 is 0. The van der Waals surface area contributed by atoms with E-state index in [4.69, 9.17) is 0 Å². The van der Waals surface area contributed by atoms with Crippen LogP contribution in [-0.2, 0) is 11.8 Å². The fourth-order valence-electron chi connectivity index (χ4n) is 1.84. The zero-order valence-electron chi connectivity index (χ0n) is 9.71. The number of likely N-dealkylation sites (N-methyl/N-ethyl adjacent to an activating group) is 1. The lowest BCUT2D eigenvalue weighted by Gasteiger charge is -2.18. The molecule has 0 fully saturated rings. The molecule has 0 N–H and O–H groups in total. The number of aryl methyl sites for hydroxylation is 1. The lowest BCUT2D eigenvalue weighted by molar-refractivity contribution is -0.111. The van der Waals surface area contributed by atoms with Crippen molar-refractivity contribution in [2.24, 2.45) is 7.05 Å². The Bertz CT molecular complexity index is 516. The molecule has 0 radical (unpaired) electrons. The molecule has 2 aromatic rings. The summed E-state index contributed by atoms with van der Waals surface area (Å²) in [5.74, 6) is 0. The maximum absolute atomic E-state index is 11.0. The molecule has 0 bridgehead atoms. The van der Waals surface area contributed by atoms with Gasteiger partial charge in [0.25, 0.3) is 0 Å². The first-order chi connectivity index (χ1) is 7.63. The second-order valence-corrected chi connectivity index (χ2v) is 4.15. The average Bonchev–Trinajstić information content (AvgIpc) is 2.61. The molecule has 0 aliphatic heterocycles. The van der Waals surface area contributed by atoms with Crippen molar-refractivity contribution in [3.05, 3.63) is 30.1 Å². The number of nitrogens with zero attached hydrogens (tertiary/aromatic N) is 3. The third kappa shape index (κ3) is 1.72. The number of carbonyl (C=O) groups is 1. The number of benzene rings is 1. The van der Waals surface area contributed by atoms with E-state index in [1.54, 1.807) is 6.33 Å². The molecule has 1 heterocycles. The molecule has 0 saturated heterocycles. The van der Waals surface area contributed by atoms with E-state index in [0.29, 0.717) is 0 Å². The Morgan fingerprint density at radius 3 is 2.81 bits per heavy atom. The molecule has 2 rings (SSSR count). The predicted molar refractivity (Wildman–Crippen MR) is 63.2 cm³/mol. The molecule has 1 unspecified atom stereocenters. The lowest BCUT2D eigenvalue weighted by Crippen LogP contribution is -2.20. The third-order valence-corrected chi connectivity index (χ3v) is 2.78. The Hall–Kier alpha value is -1.68. The third-order valence-electron chi connectivity index (χ3n) is 2.78. The van der Waals surface area contributed by atoms with Gasteiger partial charge in [-0.25, -0.2) is 4.98 Å². The Morgan fingerprint density at radius 2 is 2.19 bits per heavy atom. The highest BCUT2D eigenvalue weighted by molar-refractivity contribution is 5.77. The second-order valence-electron chi connectivity index (χ2n) is 4.15. The molecule has 4 nitrogen and oxygen atoms in total. The number of imidazole rings is 1. The first-order valence-electron chi connectivity index (χ1n) is 5.16. The Balaban J connectivity index is 2.49. The molecule has 0 aliphatic rings. The maximum atomic E-state index is 11.0. The van der Waals surface area contributed by atoms with E-state index >= 15 is 0 Å². The van der Waals surface area contributed by atoms with Crippen LogP contribution >= 0.6 is 0 Å². The molecule has 1 aromatic heterocycles. The van der Waals surface area contributed by atoms with Crippen LogP contribution in [-0.4, -0.2) is 34.8 Å². The molecule has 0 spiro atoms. The van der Waals surface area contributed by atoms with Gasteiger partial charge in [0.1, 0.15) is 6.29 Å². The maximum Gasteiger partial charge on any atom is 0.141 e. The number of carbonyl (C=O) groups excluding carboxylic acids is 1. The molecule has 16 heavy (non-hydrogen) atoms. The number of aldehydes is 1. The largest absolute Gasteiger partial charge is 0.334 e. The van der Waals surface area contributed by atoms with Crippen molar-refractivity contribution < 1.29 is 4.79 Å². The van der Waals surface area contributed by atoms with Crippen molar-refractivity contribution in [3.63, 3.8) is 0 Å². The highest BCUT2D eigenvalue weighted by Crippen LogP contribution is 2.20. The number of hydrogen-bond acceptors (Lipinski definition) is 3. The average molecular weight is 217 g/mol. The van der Waals surface area contributed by atoms with Gasteiger partial charge in [0.15, 0.2) is 0 Å². The first kappa shape index (κ1) is 10.8. The summed E-state index contributed by atoms with van der Waals surface area (Å²) in [7, 11) is 5.74. The van der Waals surface area contributed by atoms with Crippen LogP contribution < -0.4 is 0 Å². The fraction of sp³-hybridized carbons (Fsp3) is 0.333. The van der Waals surface area contributed by atoms with E-state index in [1.165, 1.54) is 0 Å². The Kier molecular flexibility index (Phi) is 2.75. The van der Waals surface area contributed by atoms with Crippen molar-refractivity contribution in [1.82, 2.24) is 14.5 Å². The summed E-state index contributed by atoms with van der Waals surface area (Å²) in [6.07, 6.45) is 2.73. The molecule has 0 aliphatic carbocycles. The van der Waals surface area contributed by atoms with Gasteiger partial charge >= 0.3 is 0 Å². The van der Waals surface area contributed by atoms with E-state index in [2.05, 4.69) is 4.98 Å². The van der Waals surface area contributed by atoms with Gasteiger partial charge in [-0.2, -0.15) is 0 Å². The predicted octanol–water partition coefficient (Wildman–Crippen LogP) is 1.37. The van der Waals surface area contributed by atoms with Gasteiger partial charge in [-0.05, 0) is 31.8 Å². The Morgan fingerprint density at radius 1 is 1.44 bits per heavy atom. The van der Waals surface area contributed by atoms with Crippen molar-refractivity contribution in [2.75, 3.05) is 14.1 Å². The smallest absolute Gasteiger partial charge is 0.141 e. The van der Waals surface area contributed by atoms with Gasteiger partial charge in [-0.15, -0.1) is 0 Å². The Labute approximate surface area is 94.5 Å². The number of fused-ring (bicyclic) bond motifs is 1. The standard InChI is InChI=1S/C12H15N3O/c1-14(2)12(7-16)9-4-5-11-10(6-9)13-8-15(11)3/h4-8,12H,1-3H3. The summed E-state index contributed by atoms with van der Waals surface area (Å²) in [6, 6.07) is 5.74. The zero-order chi connectivity index (χ0) is 11.7. The van der Waals surface area contributed by atoms with Gasteiger partial charge in [0.2, 0.25) is 0 Å². The highest BCUT2D eigenvalue weighted by Gasteiger charge is 2.13. The fourth-order valence-corrected chi connectivity index (χ4v) is 1.84. The summed E-state index contributed by atoms with van der Waals surface area (Å²) in [6.45, 7) is 0. The van der Waals surface area contributed by atoms with Gasteiger partial charge in [0.05, 0.1) is 23.4 Å². The molecular weight excluding hydrogens is 202 g/mol. The van der Waals surface area contributed by atoms with Gasteiger partial charge in [-0.1, -0.05) is 6.07 Å². The minimum atomic E-state index is -0.202. The molecule has 4 heteroatoms. The van der Waals surface area contributed by atoms with Crippen LogP contribution in [0, 0.1) is 0 Å². The van der Waals surface area contributed by atoms with E-state index in [0.717, 1.165) is 22.9 Å². The minimum Gasteiger partial charge on any atom is -0.334 e. The number of aromatic nitrogens is 2. The highest BCUT2D eigenvalue weighted by atomic mass is 16.1. The molecule has 84 valence electrons. The second kappa shape index (κ2) is 4.06. The topological polar surface area (TPSA) is 38.1 Å². The van der Waals surface area contributed by atoms with Gasteiger partial charge in [-0.3, -0.25) is 4.90 Å². The van der Waals surface area contributed by atoms with Crippen LogP contribution in [0.3, 0.4) is 0 Å². The van der Waals surface area contributed by atoms with Crippen molar-refractivity contribution in [3.8, 4) is 0 Å². The number of rotatable bonds is 3. The SMILES string of the molecule is CN(C)C(C=O)c1ccc2c(c1)ncn2C. The van der Waals surface area contributed by atoms with Crippen molar-refractivity contribution in [1.29, 1.82) is 0 Å². The van der Waals surface area contributed by atoms with Crippen LogP contribution in [0.4, 0.5) is 0 Å². The van der Waals surface area contributed by atoms with Crippen LogP contribution in [0.1, 0.15) is 11.6 Å². The lowest BCUT2D eigenvalue weighted by atomic mass is 10.1. The number of hydrogen-bond donors (Lipinski definition) is 0. The first-order valence-corrected chi connectivity index (χ1v) is 5.16. The summed E-state index contributed by atoms with van der Waals surface area (Å²) in [5.41, 5.74) is 2.98. The molecule has 0 amide bonds. The van der Waals surface area contributed by atoms with Crippen LogP contribution in [0.25, 0.3) is 11.0 Å². The molecular formula is C12H15N3O. The molecule has 1 aromatic carbocycles. The summed E-state index contributed by atoms with van der Waals surface area (Å²) in [5, 5.41) is 0. The van der Waals surface area contributed by atoms with Crippen LogP contribution in [0.15, 0.2) is 24.5 Å².